The first kappa shape index (κ1) is 23.7. The van der Waals surface area contributed by atoms with E-state index in [0.29, 0.717) is 25.9 Å². The van der Waals surface area contributed by atoms with Gasteiger partial charge in [-0.05, 0) is 49.8 Å². The number of nitrogens with one attached hydrogen (secondary N) is 1. The van der Waals surface area contributed by atoms with Crippen molar-refractivity contribution in [3.8, 4) is 0 Å². The third-order valence-corrected chi connectivity index (χ3v) is 5.55. The van der Waals surface area contributed by atoms with Crippen LogP contribution in [0.3, 0.4) is 0 Å². The van der Waals surface area contributed by atoms with Crippen LogP contribution in [0.4, 0.5) is 0 Å². The maximum absolute atomic E-state index is 13.4. The predicted octanol–water partition coefficient (Wildman–Crippen LogP) is 4.61. The quantitative estimate of drug-likeness (QED) is 0.552. The van der Waals surface area contributed by atoms with Crippen LogP contribution in [0, 0.1) is 13.8 Å². The van der Waals surface area contributed by atoms with Gasteiger partial charge in [-0.1, -0.05) is 74.4 Å². The summed E-state index contributed by atoms with van der Waals surface area (Å²) in [5.74, 6) is -0.0366. The molecule has 0 bridgehead atoms. The summed E-state index contributed by atoms with van der Waals surface area (Å²) in [6.07, 6.45) is 3.63. The Morgan fingerprint density at radius 3 is 2.43 bits per heavy atom. The second-order valence-corrected chi connectivity index (χ2v) is 8.00. The van der Waals surface area contributed by atoms with Gasteiger partial charge in [0, 0.05) is 13.1 Å². The molecule has 0 fully saturated rings. The van der Waals surface area contributed by atoms with Crippen LogP contribution < -0.4 is 5.32 Å². The van der Waals surface area contributed by atoms with E-state index in [4.69, 9.17) is 0 Å². The number of hydrogen-bond acceptors (Lipinski definition) is 2. The van der Waals surface area contributed by atoms with Crippen molar-refractivity contribution < 1.29 is 9.59 Å². The van der Waals surface area contributed by atoms with Crippen LogP contribution in [-0.4, -0.2) is 35.8 Å². The number of amides is 2. The van der Waals surface area contributed by atoms with E-state index in [9.17, 15) is 9.59 Å². The van der Waals surface area contributed by atoms with Crippen LogP contribution in [-0.2, 0) is 22.4 Å². The van der Waals surface area contributed by atoms with E-state index in [-0.39, 0.29) is 11.8 Å². The molecule has 0 aromatic heterocycles. The number of unbranched alkanes of at least 4 members (excludes halogenated alkanes) is 1. The molecule has 1 atom stereocenters. The molecule has 4 nitrogen and oxygen atoms in total. The highest BCUT2D eigenvalue weighted by atomic mass is 16.2. The van der Waals surface area contributed by atoms with Gasteiger partial charge in [0.05, 0.1) is 6.42 Å². The van der Waals surface area contributed by atoms with Crippen molar-refractivity contribution in [1.29, 1.82) is 0 Å². The summed E-state index contributed by atoms with van der Waals surface area (Å²) in [7, 11) is 0. The highest BCUT2D eigenvalue weighted by molar-refractivity contribution is 5.88. The Bertz CT molecular complexity index is 817. The van der Waals surface area contributed by atoms with Gasteiger partial charge in [-0.15, -0.1) is 0 Å². The lowest BCUT2D eigenvalue weighted by molar-refractivity contribution is -0.140. The molecular formula is C26H36N2O2. The van der Waals surface area contributed by atoms with Crippen molar-refractivity contribution in [3.63, 3.8) is 0 Å². The van der Waals surface area contributed by atoms with Crippen LogP contribution >= 0.6 is 0 Å². The summed E-state index contributed by atoms with van der Waals surface area (Å²) in [6, 6.07) is 15.9. The molecule has 0 aliphatic rings. The molecule has 0 spiro atoms. The van der Waals surface area contributed by atoms with E-state index in [1.807, 2.05) is 39.0 Å². The zero-order chi connectivity index (χ0) is 21.9. The Balaban J connectivity index is 2.20. The molecule has 0 unspecified atom stereocenters. The fourth-order valence-corrected chi connectivity index (χ4v) is 3.66. The van der Waals surface area contributed by atoms with E-state index in [1.165, 1.54) is 5.56 Å². The Labute approximate surface area is 181 Å². The maximum Gasteiger partial charge on any atom is 0.242 e. The van der Waals surface area contributed by atoms with Crippen LogP contribution in [0.1, 0.15) is 55.4 Å². The SMILES string of the molecule is CCCCNC(=O)[C@H](CC)N(CCc1ccccc1)C(=O)Cc1cc(C)ccc1C. The molecule has 2 aromatic carbocycles. The van der Waals surface area contributed by atoms with Crippen molar-refractivity contribution >= 4 is 11.8 Å². The van der Waals surface area contributed by atoms with Gasteiger partial charge < -0.3 is 10.2 Å². The van der Waals surface area contributed by atoms with Gasteiger partial charge in [0.1, 0.15) is 6.04 Å². The topological polar surface area (TPSA) is 49.4 Å². The van der Waals surface area contributed by atoms with Crippen molar-refractivity contribution in [1.82, 2.24) is 10.2 Å². The summed E-state index contributed by atoms with van der Waals surface area (Å²) in [5, 5.41) is 3.02. The van der Waals surface area contributed by atoms with Crippen molar-refractivity contribution in [3.05, 3.63) is 70.8 Å². The largest absolute Gasteiger partial charge is 0.354 e. The van der Waals surface area contributed by atoms with Crippen LogP contribution in [0.15, 0.2) is 48.5 Å². The van der Waals surface area contributed by atoms with E-state index in [1.54, 1.807) is 4.90 Å². The minimum atomic E-state index is -0.441. The van der Waals surface area contributed by atoms with Crippen LogP contribution in [0.5, 0.6) is 0 Å². The molecule has 2 aromatic rings. The summed E-state index contributed by atoms with van der Waals surface area (Å²) in [6.45, 7) is 9.34. The minimum absolute atomic E-state index is 0.0112. The second kappa shape index (κ2) is 12.2. The molecule has 2 amide bonds. The third kappa shape index (κ3) is 7.01. The van der Waals surface area contributed by atoms with Crippen molar-refractivity contribution in [2.75, 3.05) is 13.1 Å². The molecule has 0 saturated heterocycles. The number of nitrogens with zero attached hydrogens (tertiary/aromatic N) is 1. The fourth-order valence-electron chi connectivity index (χ4n) is 3.66. The second-order valence-electron chi connectivity index (χ2n) is 8.00. The fraction of sp³-hybridized carbons (Fsp3) is 0.462. The molecule has 30 heavy (non-hydrogen) atoms. The number of benzene rings is 2. The molecule has 0 radical (unpaired) electrons. The molecule has 0 heterocycles. The van der Waals surface area contributed by atoms with Crippen LogP contribution in [0.25, 0.3) is 0 Å². The highest BCUT2D eigenvalue weighted by Gasteiger charge is 2.28. The average molecular weight is 409 g/mol. The molecule has 0 aliphatic heterocycles. The number of carbonyl (C=O) groups is 2. The van der Waals surface area contributed by atoms with Gasteiger partial charge in [-0.25, -0.2) is 0 Å². The highest BCUT2D eigenvalue weighted by Crippen LogP contribution is 2.16. The Hall–Kier alpha value is -2.62. The molecule has 0 aliphatic carbocycles. The number of carbonyl (C=O) groups excluding carboxylic acids is 2. The lowest BCUT2D eigenvalue weighted by Crippen LogP contribution is -2.50. The Morgan fingerprint density at radius 2 is 1.77 bits per heavy atom. The molecule has 0 saturated carbocycles. The normalized spacial score (nSPS) is 11.7. The van der Waals surface area contributed by atoms with Gasteiger partial charge in [-0.3, -0.25) is 9.59 Å². The van der Waals surface area contributed by atoms with Gasteiger partial charge in [0.2, 0.25) is 11.8 Å². The minimum Gasteiger partial charge on any atom is -0.354 e. The van der Waals surface area contributed by atoms with Crippen molar-refractivity contribution in [2.45, 2.75) is 65.8 Å². The molecule has 2 rings (SSSR count). The Morgan fingerprint density at radius 1 is 1.03 bits per heavy atom. The first-order valence-corrected chi connectivity index (χ1v) is 11.1. The predicted molar refractivity (Wildman–Crippen MR) is 123 cm³/mol. The van der Waals surface area contributed by atoms with Gasteiger partial charge in [0.25, 0.3) is 0 Å². The van der Waals surface area contributed by atoms with Gasteiger partial charge in [-0.2, -0.15) is 0 Å². The van der Waals surface area contributed by atoms with Crippen molar-refractivity contribution in [2.24, 2.45) is 0 Å². The number of rotatable bonds is 11. The van der Waals surface area contributed by atoms with E-state index >= 15 is 0 Å². The first-order chi connectivity index (χ1) is 14.5. The zero-order valence-corrected chi connectivity index (χ0v) is 18.9. The van der Waals surface area contributed by atoms with Gasteiger partial charge in [0.15, 0.2) is 0 Å². The standard InChI is InChI=1S/C26H36N2O2/c1-5-7-16-27-26(30)24(6-2)28(17-15-22-11-9-8-10-12-22)25(29)19-23-18-20(3)13-14-21(23)4/h8-14,18,24H,5-7,15-17,19H2,1-4H3,(H,27,30)/t24-/m0/s1. The number of aryl methyl sites for hydroxylation is 2. The summed E-state index contributed by atoms with van der Waals surface area (Å²) in [5.41, 5.74) is 4.45. The Kier molecular flexibility index (Phi) is 9.59. The molecule has 1 N–H and O–H groups in total. The number of hydrogen-bond donors (Lipinski definition) is 1. The van der Waals surface area contributed by atoms with Gasteiger partial charge >= 0.3 is 0 Å². The maximum atomic E-state index is 13.4. The smallest absolute Gasteiger partial charge is 0.242 e. The van der Waals surface area contributed by atoms with Crippen LogP contribution in [0.2, 0.25) is 0 Å². The molecular weight excluding hydrogens is 372 g/mol. The third-order valence-electron chi connectivity index (χ3n) is 5.55. The zero-order valence-electron chi connectivity index (χ0n) is 18.9. The lowest BCUT2D eigenvalue weighted by Gasteiger charge is -2.31. The lowest BCUT2D eigenvalue weighted by atomic mass is 10.0. The van der Waals surface area contributed by atoms with E-state index < -0.39 is 6.04 Å². The summed E-state index contributed by atoms with van der Waals surface area (Å²) < 4.78 is 0. The molecule has 162 valence electrons. The van der Waals surface area contributed by atoms with E-state index in [0.717, 1.165) is 36.0 Å². The first-order valence-electron chi connectivity index (χ1n) is 11.1. The van der Waals surface area contributed by atoms with E-state index in [2.05, 4.69) is 42.6 Å². The molecule has 4 heteroatoms. The summed E-state index contributed by atoms with van der Waals surface area (Å²) in [4.78, 5) is 28.0. The monoisotopic (exact) mass is 408 g/mol. The average Bonchev–Trinajstić information content (AvgIpc) is 2.74. The summed E-state index contributed by atoms with van der Waals surface area (Å²) >= 11 is 0.